The molecule has 5 aromatic carbocycles. The Balaban J connectivity index is 1.18. The highest BCUT2D eigenvalue weighted by Gasteiger charge is 2.22. The quantitative estimate of drug-likeness (QED) is 0.116. The molecule has 6 rings (SSSR count). The number of rotatable bonds is 10. The minimum atomic E-state index is -0.474. The number of nitrogens with zero attached hydrogens (tertiary/aromatic N) is 1. The Hall–Kier alpha value is -5.60. The van der Waals surface area contributed by atoms with Gasteiger partial charge < -0.3 is 15.4 Å². The number of aromatic nitrogens is 1. The summed E-state index contributed by atoms with van der Waals surface area (Å²) in [7, 11) is 0. The Morgan fingerprint density at radius 3 is 1.98 bits per heavy atom. The van der Waals surface area contributed by atoms with Crippen LogP contribution in [0.25, 0.3) is 27.9 Å². The van der Waals surface area contributed by atoms with Crippen LogP contribution in [0.1, 0.15) is 34.6 Å². The van der Waals surface area contributed by atoms with Gasteiger partial charge in [-0.1, -0.05) is 66.7 Å². The molecule has 0 saturated carbocycles. The first-order valence-electron chi connectivity index (χ1n) is 15.3. The standard InChI is InChI=1S/C39H33N3O4S/c1-3-46-30-21-17-27(18-22-30)25-34(41-37(43)28-11-5-4-6-12-28)38(44)40-29-19-23-31(24-20-29)47-26(2)39(45)42-35-15-9-7-13-32(35)33-14-8-10-16-36(33)42/h4-26H,3H2,1-2H3,(H,40,44)(H,41,43)/b34-25-. The molecule has 234 valence electrons. The summed E-state index contributed by atoms with van der Waals surface area (Å²) in [6, 6.07) is 39.2. The van der Waals surface area contributed by atoms with Crippen LogP contribution in [0.2, 0.25) is 0 Å². The van der Waals surface area contributed by atoms with Crippen molar-refractivity contribution >= 4 is 63.1 Å². The van der Waals surface area contributed by atoms with E-state index in [0.717, 1.165) is 32.3 Å². The summed E-state index contributed by atoms with van der Waals surface area (Å²) in [6.07, 6.45) is 1.62. The lowest BCUT2D eigenvalue weighted by Gasteiger charge is -2.14. The predicted molar refractivity (Wildman–Crippen MR) is 190 cm³/mol. The molecule has 0 bridgehead atoms. The maximum absolute atomic E-state index is 13.8. The summed E-state index contributed by atoms with van der Waals surface area (Å²) in [5, 5.41) is 7.38. The number of carbonyl (C=O) groups is 3. The number of anilines is 1. The smallest absolute Gasteiger partial charge is 0.272 e. The monoisotopic (exact) mass is 639 g/mol. The van der Waals surface area contributed by atoms with Gasteiger partial charge in [0, 0.05) is 26.9 Å². The highest BCUT2D eigenvalue weighted by atomic mass is 32.2. The average molecular weight is 640 g/mol. The lowest BCUT2D eigenvalue weighted by atomic mass is 10.1. The molecule has 2 amide bonds. The van der Waals surface area contributed by atoms with Gasteiger partial charge in [0.25, 0.3) is 11.8 Å². The van der Waals surface area contributed by atoms with Crippen LogP contribution in [0.15, 0.2) is 138 Å². The van der Waals surface area contributed by atoms with Crippen molar-refractivity contribution in [2.45, 2.75) is 24.0 Å². The van der Waals surface area contributed by atoms with Gasteiger partial charge in [0.05, 0.1) is 22.9 Å². The number of ether oxygens (including phenoxy) is 1. The topological polar surface area (TPSA) is 89.4 Å². The molecular weight excluding hydrogens is 607 g/mol. The zero-order valence-corrected chi connectivity index (χ0v) is 26.8. The van der Waals surface area contributed by atoms with E-state index in [-0.39, 0.29) is 16.9 Å². The number of para-hydroxylation sites is 2. The fourth-order valence-electron chi connectivity index (χ4n) is 5.35. The third-order valence-electron chi connectivity index (χ3n) is 7.60. The highest BCUT2D eigenvalue weighted by Crippen LogP contribution is 2.32. The van der Waals surface area contributed by atoms with Gasteiger partial charge in [-0.2, -0.15) is 0 Å². The molecule has 6 aromatic rings. The lowest BCUT2D eigenvalue weighted by Crippen LogP contribution is -2.30. The number of hydrogen-bond donors (Lipinski definition) is 2. The third-order valence-corrected chi connectivity index (χ3v) is 8.70. The molecule has 0 spiro atoms. The summed E-state index contributed by atoms with van der Waals surface area (Å²) in [5.74, 6) is -0.166. The molecule has 0 radical (unpaired) electrons. The van der Waals surface area contributed by atoms with E-state index in [1.165, 1.54) is 11.8 Å². The van der Waals surface area contributed by atoms with Gasteiger partial charge in [0.1, 0.15) is 11.4 Å². The minimum absolute atomic E-state index is 0.0111. The van der Waals surface area contributed by atoms with Crippen molar-refractivity contribution in [1.82, 2.24) is 9.88 Å². The van der Waals surface area contributed by atoms with E-state index in [2.05, 4.69) is 10.6 Å². The predicted octanol–water partition coefficient (Wildman–Crippen LogP) is 8.42. The second kappa shape index (κ2) is 14.2. The Morgan fingerprint density at radius 2 is 1.36 bits per heavy atom. The normalized spacial score (nSPS) is 12.1. The molecule has 47 heavy (non-hydrogen) atoms. The van der Waals surface area contributed by atoms with Crippen molar-refractivity contribution < 1.29 is 19.1 Å². The van der Waals surface area contributed by atoms with Crippen molar-refractivity contribution in [2.75, 3.05) is 11.9 Å². The van der Waals surface area contributed by atoms with E-state index >= 15 is 0 Å². The van der Waals surface area contributed by atoms with Crippen LogP contribution >= 0.6 is 11.8 Å². The molecule has 0 saturated heterocycles. The fraction of sp³-hybridized carbons (Fsp3) is 0.103. The molecule has 2 N–H and O–H groups in total. The number of amides is 2. The molecule has 0 aliphatic heterocycles. The average Bonchev–Trinajstić information content (AvgIpc) is 3.44. The number of nitrogens with one attached hydrogen (secondary N) is 2. The molecule has 1 heterocycles. The Morgan fingerprint density at radius 1 is 0.766 bits per heavy atom. The van der Waals surface area contributed by atoms with Crippen LogP contribution in [0.4, 0.5) is 5.69 Å². The largest absolute Gasteiger partial charge is 0.494 e. The van der Waals surface area contributed by atoms with E-state index in [9.17, 15) is 14.4 Å². The van der Waals surface area contributed by atoms with E-state index < -0.39 is 11.8 Å². The van der Waals surface area contributed by atoms with Crippen molar-refractivity contribution in [2.24, 2.45) is 0 Å². The van der Waals surface area contributed by atoms with Gasteiger partial charge in [-0.3, -0.25) is 19.0 Å². The zero-order valence-electron chi connectivity index (χ0n) is 26.0. The molecule has 0 fully saturated rings. The summed E-state index contributed by atoms with van der Waals surface area (Å²) in [6.45, 7) is 4.36. The van der Waals surface area contributed by atoms with Gasteiger partial charge >= 0.3 is 0 Å². The van der Waals surface area contributed by atoms with Crippen molar-refractivity contribution in [1.29, 1.82) is 0 Å². The molecule has 7 nitrogen and oxygen atoms in total. The Labute approximate surface area is 277 Å². The molecule has 8 heteroatoms. The molecule has 1 atom stereocenters. The van der Waals surface area contributed by atoms with Crippen LogP contribution < -0.4 is 15.4 Å². The first-order valence-corrected chi connectivity index (χ1v) is 16.2. The van der Waals surface area contributed by atoms with Gasteiger partial charge in [-0.25, -0.2) is 0 Å². The molecule has 0 aliphatic rings. The van der Waals surface area contributed by atoms with Crippen molar-refractivity contribution in [3.05, 3.63) is 144 Å². The van der Waals surface area contributed by atoms with Crippen LogP contribution in [0.5, 0.6) is 5.75 Å². The van der Waals surface area contributed by atoms with Gasteiger partial charge in [0.2, 0.25) is 5.91 Å². The first-order chi connectivity index (χ1) is 22.9. The SMILES string of the molecule is CCOc1ccc(/C=C(\NC(=O)c2ccccc2)C(=O)Nc2ccc(SC(C)C(=O)n3c4ccccc4c4ccccc43)cc2)cc1. The number of benzene rings is 5. The number of fused-ring (bicyclic) bond motifs is 3. The number of carbonyl (C=O) groups excluding carboxylic acids is 3. The second-order valence-corrected chi connectivity index (χ2v) is 12.2. The molecule has 1 aromatic heterocycles. The van der Waals surface area contributed by atoms with Crippen LogP contribution in [-0.4, -0.2) is 34.1 Å². The summed E-state index contributed by atoms with van der Waals surface area (Å²) >= 11 is 1.45. The van der Waals surface area contributed by atoms with Crippen molar-refractivity contribution in [3.8, 4) is 5.75 Å². The second-order valence-electron chi connectivity index (χ2n) is 10.8. The number of hydrogen-bond acceptors (Lipinski definition) is 5. The maximum atomic E-state index is 13.8. The summed E-state index contributed by atoms with van der Waals surface area (Å²) in [4.78, 5) is 41.1. The lowest BCUT2D eigenvalue weighted by molar-refractivity contribution is -0.113. The molecule has 0 aliphatic carbocycles. The minimum Gasteiger partial charge on any atom is -0.494 e. The number of thioether (sulfide) groups is 1. The van der Waals surface area contributed by atoms with Crippen LogP contribution in [0.3, 0.4) is 0 Å². The Kier molecular flexibility index (Phi) is 9.50. The van der Waals surface area contributed by atoms with Crippen molar-refractivity contribution in [3.63, 3.8) is 0 Å². The van der Waals surface area contributed by atoms with Gasteiger partial charge in [0.15, 0.2) is 0 Å². The Bertz CT molecular complexity index is 2030. The highest BCUT2D eigenvalue weighted by molar-refractivity contribution is 8.00. The molecular formula is C39H33N3O4S. The van der Waals surface area contributed by atoms with Gasteiger partial charge in [-0.15, -0.1) is 11.8 Å². The summed E-state index contributed by atoms with van der Waals surface area (Å²) < 4.78 is 7.33. The van der Waals surface area contributed by atoms with E-state index in [1.807, 2.05) is 105 Å². The van der Waals surface area contributed by atoms with E-state index in [0.29, 0.717) is 23.6 Å². The summed E-state index contributed by atoms with van der Waals surface area (Å²) in [5.41, 5.74) is 3.57. The van der Waals surface area contributed by atoms with Crippen LogP contribution in [-0.2, 0) is 4.79 Å². The van der Waals surface area contributed by atoms with Gasteiger partial charge in [-0.05, 0) is 86.2 Å². The van der Waals surface area contributed by atoms with Crippen LogP contribution in [0, 0.1) is 0 Å². The fourth-order valence-corrected chi connectivity index (χ4v) is 6.26. The zero-order chi connectivity index (χ0) is 32.8. The maximum Gasteiger partial charge on any atom is 0.272 e. The third kappa shape index (κ3) is 7.13. The van der Waals surface area contributed by atoms with E-state index in [4.69, 9.17) is 4.74 Å². The first kappa shape index (κ1) is 31.4. The van der Waals surface area contributed by atoms with E-state index in [1.54, 1.807) is 47.0 Å². The molecule has 1 unspecified atom stereocenters.